The van der Waals surface area contributed by atoms with E-state index in [1.165, 1.54) is 0 Å². The van der Waals surface area contributed by atoms with E-state index >= 15 is 0 Å². The number of amides is 1. The van der Waals surface area contributed by atoms with E-state index in [-0.39, 0.29) is 34.6 Å². The van der Waals surface area contributed by atoms with Crippen LogP contribution in [0.25, 0.3) is 0 Å². The number of fused-ring (bicyclic) bond motifs is 5. The van der Waals surface area contributed by atoms with Crippen LogP contribution in [0, 0.1) is 34.5 Å². The Balaban J connectivity index is 1.51. The standard InChI is InChI=1S/C29H41NO6/c1-28-12-11-20-17(19(28)8-9-21(28)27(32)33)7-10-24-29(20,2)15-18(26(31)30(24)3)16-13-22(34-4)25(36-6)23(14-16)35-5/h13-14,17-21,24H,7-12,15H2,1-6H3,(H,32,33)/t17-,18?,19-,20-,21+,24+,28-,29+/m0/s1. The molecule has 1 heterocycles. The van der Waals surface area contributed by atoms with Gasteiger partial charge in [-0.1, -0.05) is 13.8 Å². The number of ether oxygens (including phenoxy) is 3. The normalized spacial score (nSPS) is 39.6. The summed E-state index contributed by atoms with van der Waals surface area (Å²) in [5, 5.41) is 9.93. The van der Waals surface area contributed by atoms with Crippen molar-refractivity contribution in [3.63, 3.8) is 0 Å². The Kier molecular flexibility index (Phi) is 6.19. The third-order valence-electron chi connectivity index (χ3n) is 11.0. The Morgan fingerprint density at radius 2 is 1.58 bits per heavy atom. The lowest BCUT2D eigenvalue weighted by molar-refractivity contribution is -0.165. The van der Waals surface area contributed by atoms with Gasteiger partial charge in [-0.25, -0.2) is 0 Å². The highest BCUT2D eigenvalue weighted by Gasteiger charge is 2.63. The fourth-order valence-electron chi connectivity index (χ4n) is 9.25. The van der Waals surface area contributed by atoms with Gasteiger partial charge in [0.2, 0.25) is 11.7 Å². The van der Waals surface area contributed by atoms with Gasteiger partial charge in [0.05, 0.1) is 33.2 Å². The van der Waals surface area contributed by atoms with Crippen molar-refractivity contribution in [2.45, 2.75) is 70.8 Å². The predicted molar refractivity (Wildman–Crippen MR) is 136 cm³/mol. The zero-order chi connectivity index (χ0) is 26.0. The molecular weight excluding hydrogens is 458 g/mol. The molecule has 1 aliphatic heterocycles. The quantitative estimate of drug-likeness (QED) is 0.616. The molecule has 0 bridgehead atoms. The number of carboxylic acids is 1. The van der Waals surface area contributed by atoms with Gasteiger partial charge in [-0.15, -0.1) is 0 Å². The maximum atomic E-state index is 13.7. The summed E-state index contributed by atoms with van der Waals surface area (Å²) in [7, 11) is 6.76. The molecule has 5 rings (SSSR count). The van der Waals surface area contributed by atoms with E-state index < -0.39 is 5.97 Å². The second kappa shape index (κ2) is 8.84. The van der Waals surface area contributed by atoms with Crippen molar-refractivity contribution in [1.82, 2.24) is 4.90 Å². The lowest BCUT2D eigenvalue weighted by Crippen LogP contribution is -2.63. The summed E-state index contributed by atoms with van der Waals surface area (Å²) in [6.45, 7) is 4.64. The van der Waals surface area contributed by atoms with Crippen molar-refractivity contribution in [2.24, 2.45) is 34.5 Å². The Bertz CT molecular complexity index is 1030. The number of hydrogen-bond donors (Lipinski definition) is 1. The maximum absolute atomic E-state index is 13.7. The van der Waals surface area contributed by atoms with E-state index in [2.05, 4.69) is 13.8 Å². The van der Waals surface area contributed by atoms with Crippen LogP contribution in [0.2, 0.25) is 0 Å². The molecular formula is C29H41NO6. The first-order valence-electron chi connectivity index (χ1n) is 13.4. The van der Waals surface area contributed by atoms with E-state index in [9.17, 15) is 14.7 Å². The van der Waals surface area contributed by atoms with Crippen LogP contribution in [0.4, 0.5) is 0 Å². The Labute approximate surface area is 214 Å². The zero-order valence-corrected chi connectivity index (χ0v) is 22.5. The molecule has 3 aliphatic carbocycles. The molecule has 1 amide bonds. The number of carbonyl (C=O) groups is 2. The monoisotopic (exact) mass is 499 g/mol. The lowest BCUT2D eigenvalue weighted by Gasteiger charge is -2.62. The smallest absolute Gasteiger partial charge is 0.307 e. The molecule has 0 spiro atoms. The second-order valence-corrected chi connectivity index (χ2v) is 12.2. The molecule has 4 aliphatic rings. The van der Waals surface area contributed by atoms with E-state index in [0.717, 1.165) is 50.5 Å². The number of methoxy groups -OCH3 is 3. The molecule has 1 aromatic carbocycles. The van der Waals surface area contributed by atoms with Gasteiger partial charge < -0.3 is 24.2 Å². The number of piperidine rings is 1. The molecule has 8 atom stereocenters. The van der Waals surface area contributed by atoms with Gasteiger partial charge in [0.25, 0.3) is 0 Å². The summed E-state index contributed by atoms with van der Waals surface area (Å²) in [5.41, 5.74) is 0.762. The van der Waals surface area contributed by atoms with E-state index in [1.807, 2.05) is 24.1 Å². The van der Waals surface area contributed by atoms with E-state index in [1.54, 1.807) is 21.3 Å². The van der Waals surface area contributed by atoms with Crippen molar-refractivity contribution < 1.29 is 28.9 Å². The number of hydrogen-bond acceptors (Lipinski definition) is 5. The number of likely N-dealkylation sites (tertiary alicyclic amines) is 1. The van der Waals surface area contributed by atoms with Crippen LogP contribution < -0.4 is 14.2 Å². The molecule has 0 radical (unpaired) electrons. The van der Waals surface area contributed by atoms with Gasteiger partial charge in [0.15, 0.2) is 11.5 Å². The molecule has 4 fully saturated rings. The molecule has 1 unspecified atom stereocenters. The first-order valence-corrected chi connectivity index (χ1v) is 13.4. The molecule has 1 saturated heterocycles. The zero-order valence-electron chi connectivity index (χ0n) is 22.5. The molecule has 36 heavy (non-hydrogen) atoms. The molecule has 1 N–H and O–H groups in total. The number of benzene rings is 1. The van der Waals surface area contributed by atoms with Crippen LogP contribution >= 0.6 is 0 Å². The van der Waals surface area contributed by atoms with E-state index in [0.29, 0.717) is 35.0 Å². The highest BCUT2D eigenvalue weighted by atomic mass is 16.5. The van der Waals surface area contributed by atoms with Crippen molar-refractivity contribution in [2.75, 3.05) is 28.4 Å². The van der Waals surface area contributed by atoms with Gasteiger partial charge in [0, 0.05) is 13.1 Å². The van der Waals surface area contributed by atoms with Gasteiger partial charge in [-0.05, 0) is 91.2 Å². The Morgan fingerprint density at radius 3 is 2.17 bits per heavy atom. The van der Waals surface area contributed by atoms with Gasteiger partial charge in [-0.2, -0.15) is 0 Å². The SMILES string of the molecule is COc1cc(C2C[C@]3(C)[C@H]4CC[C@]5(C)[C@@H](C(=O)O)CC[C@H]5[C@@H]4CC[C@H]3N(C)C2=O)cc(OC)c1OC. The summed E-state index contributed by atoms with van der Waals surface area (Å²) in [6.07, 6.45) is 6.68. The van der Waals surface area contributed by atoms with Gasteiger partial charge in [0.1, 0.15) is 0 Å². The molecule has 198 valence electrons. The Hall–Kier alpha value is -2.44. The Morgan fingerprint density at radius 1 is 0.944 bits per heavy atom. The van der Waals surface area contributed by atoms with Crippen LogP contribution in [0.5, 0.6) is 17.2 Å². The molecule has 1 aromatic rings. The minimum atomic E-state index is -0.621. The van der Waals surface area contributed by atoms with E-state index in [4.69, 9.17) is 14.2 Å². The summed E-state index contributed by atoms with van der Waals surface area (Å²) in [4.78, 5) is 27.8. The van der Waals surface area contributed by atoms with Gasteiger partial charge in [-0.3, -0.25) is 9.59 Å². The number of carbonyl (C=O) groups excluding carboxylic acids is 1. The fourth-order valence-corrected chi connectivity index (χ4v) is 9.25. The third-order valence-corrected chi connectivity index (χ3v) is 11.0. The summed E-state index contributed by atoms with van der Waals surface area (Å²) < 4.78 is 16.7. The van der Waals surface area contributed by atoms with Crippen molar-refractivity contribution in [3.05, 3.63) is 17.7 Å². The minimum Gasteiger partial charge on any atom is -0.493 e. The maximum Gasteiger partial charge on any atom is 0.307 e. The van der Waals surface area contributed by atoms with Crippen LogP contribution in [0.1, 0.15) is 70.3 Å². The first-order chi connectivity index (χ1) is 17.1. The van der Waals surface area contributed by atoms with Crippen LogP contribution in [0.3, 0.4) is 0 Å². The molecule has 7 heteroatoms. The highest BCUT2D eigenvalue weighted by molar-refractivity contribution is 5.85. The van der Waals surface area contributed by atoms with Gasteiger partial charge >= 0.3 is 5.97 Å². The molecule has 3 saturated carbocycles. The number of rotatable bonds is 5. The fraction of sp³-hybridized carbons (Fsp3) is 0.724. The van der Waals surface area contributed by atoms with Crippen molar-refractivity contribution in [1.29, 1.82) is 0 Å². The van der Waals surface area contributed by atoms with Crippen LogP contribution in [0.15, 0.2) is 12.1 Å². The lowest BCUT2D eigenvalue weighted by atomic mass is 9.46. The summed E-state index contributed by atoms with van der Waals surface area (Å²) >= 11 is 0. The minimum absolute atomic E-state index is 0.0285. The number of nitrogens with zero attached hydrogens (tertiary/aromatic N) is 1. The number of carboxylic acid groups (broad SMARTS) is 1. The van der Waals surface area contributed by atoms with Crippen molar-refractivity contribution in [3.8, 4) is 17.2 Å². The number of likely N-dealkylation sites (N-methyl/N-ethyl adjacent to an activating group) is 1. The third kappa shape index (κ3) is 3.44. The number of aliphatic carboxylic acids is 1. The molecule has 7 nitrogen and oxygen atoms in total. The van der Waals surface area contributed by atoms with Crippen LogP contribution in [-0.4, -0.2) is 56.3 Å². The predicted octanol–water partition coefficient (Wildman–Crippen LogP) is 4.97. The highest BCUT2D eigenvalue weighted by Crippen LogP contribution is 2.67. The average Bonchev–Trinajstić information content (AvgIpc) is 3.22. The second-order valence-electron chi connectivity index (χ2n) is 12.2. The summed E-state index contributed by atoms with van der Waals surface area (Å²) in [5.74, 6) is 2.15. The van der Waals surface area contributed by atoms with Crippen molar-refractivity contribution >= 4 is 11.9 Å². The summed E-state index contributed by atoms with van der Waals surface area (Å²) in [6, 6.07) is 4.06. The van der Waals surface area contributed by atoms with Crippen LogP contribution in [-0.2, 0) is 9.59 Å². The average molecular weight is 500 g/mol. The largest absolute Gasteiger partial charge is 0.493 e. The molecule has 0 aromatic heterocycles. The topological polar surface area (TPSA) is 85.3 Å². The first kappa shape index (κ1) is 25.2.